The number of phenolic OH excluding ortho intramolecular Hbond substituents is 1. The predicted molar refractivity (Wildman–Crippen MR) is 158 cm³/mol. The van der Waals surface area contributed by atoms with Crippen LogP contribution >= 0.6 is 0 Å². The maximum atomic E-state index is 13.0. The van der Waals surface area contributed by atoms with Gasteiger partial charge in [0.25, 0.3) is 0 Å². The molecule has 3 rings (SSSR count). The topological polar surface area (TPSA) is 78.9 Å². The van der Waals surface area contributed by atoms with Gasteiger partial charge in [-0.25, -0.2) is 0 Å². The van der Waals surface area contributed by atoms with Crippen LogP contribution in [0.4, 0.5) is 11.4 Å². The van der Waals surface area contributed by atoms with Gasteiger partial charge in [-0.05, 0) is 74.9 Å². The molecule has 0 heterocycles. The molecule has 0 bridgehead atoms. The largest absolute Gasteiger partial charge is 0.504 e. The van der Waals surface area contributed by atoms with Crippen LogP contribution in [0, 0.1) is 0 Å². The molecule has 0 spiro atoms. The highest BCUT2D eigenvalue weighted by atomic mass is 16.5. The van der Waals surface area contributed by atoms with Crippen molar-refractivity contribution in [2.24, 2.45) is 0 Å². The average molecular weight is 529 g/mol. The number of allylic oxidation sites excluding steroid dienone is 2. The first kappa shape index (κ1) is 29.5. The van der Waals surface area contributed by atoms with Gasteiger partial charge in [0, 0.05) is 17.9 Å². The molecule has 0 atom stereocenters. The zero-order valence-electron chi connectivity index (χ0n) is 22.6. The van der Waals surface area contributed by atoms with E-state index in [9.17, 15) is 14.7 Å². The third kappa shape index (κ3) is 11.1. The van der Waals surface area contributed by atoms with Crippen LogP contribution in [0.1, 0.15) is 57.8 Å². The highest BCUT2D eigenvalue weighted by Crippen LogP contribution is 2.24. The minimum atomic E-state index is -0.632. The smallest absolute Gasteiger partial charge is 0.316 e. The Hall–Kier alpha value is -4.06. The molecule has 6 nitrogen and oxygen atoms in total. The Morgan fingerprint density at radius 3 is 2.03 bits per heavy atom. The minimum absolute atomic E-state index is 0.192. The van der Waals surface area contributed by atoms with E-state index in [1.807, 2.05) is 54.6 Å². The summed E-state index contributed by atoms with van der Waals surface area (Å²) >= 11 is 0. The molecule has 3 aromatic rings. The molecule has 206 valence electrons. The lowest BCUT2D eigenvalue weighted by atomic mass is 10.1. The van der Waals surface area contributed by atoms with Crippen LogP contribution in [0.15, 0.2) is 97.1 Å². The number of nitrogens with one attached hydrogen (secondary N) is 1. The predicted octanol–water partition coefficient (Wildman–Crippen LogP) is 7.51. The zero-order chi connectivity index (χ0) is 27.5. The van der Waals surface area contributed by atoms with Crippen molar-refractivity contribution in [1.82, 2.24) is 0 Å². The maximum Gasteiger partial charge on any atom is 0.316 e. The van der Waals surface area contributed by atoms with Crippen molar-refractivity contribution in [3.63, 3.8) is 0 Å². The Kier molecular flexibility index (Phi) is 13.2. The number of benzene rings is 3. The molecule has 0 saturated heterocycles. The number of ether oxygens (including phenoxy) is 1. The second-order valence-electron chi connectivity index (χ2n) is 9.45. The fraction of sp³-hybridized carbons (Fsp3) is 0.333. The van der Waals surface area contributed by atoms with Crippen molar-refractivity contribution >= 4 is 23.2 Å². The lowest BCUT2D eigenvalue weighted by Crippen LogP contribution is -2.40. The Balaban J connectivity index is 1.27. The standard InChI is InChI=1S/C33H40N2O4/c36-30-24-16-17-25-31(30)39-27-19-9-7-5-3-1-2-4-6-8-18-26-35(29-22-14-11-15-23-29)33(38)32(37)34-28-20-12-10-13-21-28/h2,4,10-17,20-25,36H,1,3,5-9,18-19,26-27H2,(H,34,37)/b4-2-. The molecule has 0 unspecified atom stereocenters. The highest BCUT2D eigenvalue weighted by molar-refractivity contribution is 6.44. The number of anilines is 2. The fourth-order valence-corrected chi connectivity index (χ4v) is 4.21. The molecule has 3 aromatic carbocycles. The minimum Gasteiger partial charge on any atom is -0.504 e. The van der Waals surface area contributed by atoms with Gasteiger partial charge in [-0.2, -0.15) is 0 Å². The first-order valence-electron chi connectivity index (χ1n) is 13.9. The van der Waals surface area contributed by atoms with Crippen LogP contribution < -0.4 is 15.0 Å². The summed E-state index contributed by atoms with van der Waals surface area (Å²) in [4.78, 5) is 27.1. The van der Waals surface area contributed by atoms with Gasteiger partial charge in [0.15, 0.2) is 11.5 Å². The maximum absolute atomic E-state index is 13.0. The zero-order valence-corrected chi connectivity index (χ0v) is 22.6. The van der Waals surface area contributed by atoms with Crippen LogP contribution in [0.3, 0.4) is 0 Å². The number of hydrogen-bond donors (Lipinski definition) is 2. The molecular weight excluding hydrogens is 488 g/mol. The van der Waals surface area contributed by atoms with Crippen molar-refractivity contribution in [3.05, 3.63) is 97.1 Å². The third-order valence-corrected chi connectivity index (χ3v) is 6.35. The van der Waals surface area contributed by atoms with E-state index in [2.05, 4.69) is 17.5 Å². The summed E-state index contributed by atoms with van der Waals surface area (Å²) in [5, 5.41) is 12.4. The summed E-state index contributed by atoms with van der Waals surface area (Å²) in [5.41, 5.74) is 1.33. The van der Waals surface area contributed by atoms with E-state index in [0.717, 1.165) is 44.2 Å². The summed E-state index contributed by atoms with van der Waals surface area (Å²) in [7, 11) is 0. The number of carbonyl (C=O) groups excluding carboxylic acids is 2. The van der Waals surface area contributed by atoms with Gasteiger partial charge in [-0.1, -0.05) is 79.9 Å². The van der Waals surface area contributed by atoms with Crippen LogP contribution in [0.5, 0.6) is 11.5 Å². The van der Waals surface area contributed by atoms with Crippen LogP contribution in [-0.2, 0) is 9.59 Å². The molecule has 0 aliphatic heterocycles. The highest BCUT2D eigenvalue weighted by Gasteiger charge is 2.23. The Morgan fingerprint density at radius 1 is 0.718 bits per heavy atom. The monoisotopic (exact) mass is 528 g/mol. The number of para-hydroxylation sites is 4. The number of amides is 2. The Bertz CT molecular complexity index is 1150. The SMILES string of the molecule is O=C(Nc1ccccc1)C(=O)N(CCCC/C=C\CCCCCCCOc1ccccc1O)c1ccccc1. The molecule has 2 N–H and O–H groups in total. The molecule has 0 radical (unpaired) electrons. The molecule has 0 aromatic heterocycles. The van der Waals surface area contributed by atoms with E-state index in [1.54, 1.807) is 35.2 Å². The average Bonchev–Trinajstić information content (AvgIpc) is 2.96. The van der Waals surface area contributed by atoms with Gasteiger partial charge in [-0.15, -0.1) is 0 Å². The van der Waals surface area contributed by atoms with E-state index in [0.29, 0.717) is 24.6 Å². The molecule has 0 saturated carbocycles. The number of carbonyl (C=O) groups is 2. The van der Waals surface area contributed by atoms with Crippen LogP contribution in [0.2, 0.25) is 0 Å². The molecule has 6 heteroatoms. The lowest BCUT2D eigenvalue weighted by molar-refractivity contribution is -0.134. The summed E-state index contributed by atoms with van der Waals surface area (Å²) in [6.45, 7) is 1.12. The molecule has 0 aliphatic rings. The number of hydrogen-bond acceptors (Lipinski definition) is 4. The molecule has 2 amide bonds. The van der Waals surface area contributed by atoms with Gasteiger partial charge in [0.2, 0.25) is 0 Å². The van der Waals surface area contributed by atoms with Crippen molar-refractivity contribution in [3.8, 4) is 11.5 Å². The summed E-state index contributed by atoms with van der Waals surface area (Å²) in [5.74, 6) is -0.438. The molecule has 0 fully saturated rings. The number of rotatable bonds is 16. The lowest BCUT2D eigenvalue weighted by Gasteiger charge is -2.22. The number of unbranched alkanes of at least 4 members (excludes halogenated alkanes) is 7. The van der Waals surface area contributed by atoms with E-state index in [1.165, 1.54) is 19.3 Å². The second kappa shape index (κ2) is 17.4. The van der Waals surface area contributed by atoms with E-state index in [4.69, 9.17) is 4.74 Å². The van der Waals surface area contributed by atoms with Gasteiger partial charge in [0.1, 0.15) is 0 Å². The van der Waals surface area contributed by atoms with Crippen LogP contribution in [-0.4, -0.2) is 30.1 Å². The van der Waals surface area contributed by atoms with E-state index in [-0.39, 0.29) is 5.75 Å². The van der Waals surface area contributed by atoms with Crippen molar-refractivity contribution in [2.45, 2.75) is 57.8 Å². The Morgan fingerprint density at radius 2 is 1.31 bits per heavy atom. The quantitative estimate of drug-likeness (QED) is 0.115. The summed E-state index contributed by atoms with van der Waals surface area (Å²) in [6.07, 6.45) is 13.9. The number of aromatic hydroxyl groups is 1. The van der Waals surface area contributed by atoms with Gasteiger partial charge >= 0.3 is 11.8 Å². The van der Waals surface area contributed by atoms with E-state index < -0.39 is 11.8 Å². The summed E-state index contributed by atoms with van der Waals surface area (Å²) < 4.78 is 5.61. The molecule has 0 aliphatic carbocycles. The molecular formula is C33H40N2O4. The number of nitrogens with zero attached hydrogens (tertiary/aromatic N) is 1. The van der Waals surface area contributed by atoms with Crippen molar-refractivity contribution < 1.29 is 19.4 Å². The van der Waals surface area contributed by atoms with E-state index >= 15 is 0 Å². The third-order valence-electron chi connectivity index (χ3n) is 6.35. The Labute approximate surface area is 232 Å². The fourth-order valence-electron chi connectivity index (χ4n) is 4.21. The first-order chi connectivity index (χ1) is 19.1. The normalized spacial score (nSPS) is 10.9. The van der Waals surface area contributed by atoms with Crippen molar-refractivity contribution in [2.75, 3.05) is 23.4 Å². The van der Waals surface area contributed by atoms with Gasteiger partial charge < -0.3 is 20.1 Å². The van der Waals surface area contributed by atoms with Gasteiger partial charge in [0.05, 0.1) is 6.61 Å². The first-order valence-corrected chi connectivity index (χ1v) is 13.9. The number of phenols is 1. The summed E-state index contributed by atoms with van der Waals surface area (Å²) in [6, 6.07) is 25.4. The van der Waals surface area contributed by atoms with Gasteiger partial charge in [-0.3, -0.25) is 9.59 Å². The molecule has 39 heavy (non-hydrogen) atoms. The van der Waals surface area contributed by atoms with Crippen molar-refractivity contribution in [1.29, 1.82) is 0 Å². The second-order valence-corrected chi connectivity index (χ2v) is 9.45. The van der Waals surface area contributed by atoms with Crippen LogP contribution in [0.25, 0.3) is 0 Å².